The number of aliphatic imine (C=N–C) groups is 1. The Hall–Kier alpha value is -2.01. The van der Waals surface area contributed by atoms with E-state index in [9.17, 15) is 13.2 Å². The summed E-state index contributed by atoms with van der Waals surface area (Å²) in [5.74, 6) is 0.549. The number of para-hydroxylation sites is 1. The lowest BCUT2D eigenvalue weighted by Crippen LogP contribution is -2.41. The van der Waals surface area contributed by atoms with Crippen LogP contribution in [0.1, 0.15) is 30.1 Å². The van der Waals surface area contributed by atoms with Gasteiger partial charge in [-0.25, -0.2) is 0 Å². The lowest BCUT2D eigenvalue weighted by molar-refractivity contribution is -0.274. The molecule has 0 spiro atoms. The second kappa shape index (κ2) is 12.1. The maximum absolute atomic E-state index is 12.6. The van der Waals surface area contributed by atoms with Crippen molar-refractivity contribution in [1.29, 1.82) is 0 Å². The zero-order valence-corrected chi connectivity index (χ0v) is 19.5. The van der Waals surface area contributed by atoms with Crippen molar-refractivity contribution in [2.45, 2.75) is 31.9 Å². The minimum absolute atomic E-state index is 0. The first-order valence-corrected chi connectivity index (χ1v) is 9.91. The molecule has 2 aromatic carbocycles. The molecule has 2 N–H and O–H groups in total. The van der Waals surface area contributed by atoms with E-state index >= 15 is 0 Å². The number of halogens is 4. The summed E-state index contributed by atoms with van der Waals surface area (Å²) in [5, 5.41) is 6.33. The quantitative estimate of drug-likeness (QED) is 0.302. The predicted molar refractivity (Wildman–Crippen MR) is 125 cm³/mol. The molecule has 170 valence electrons. The zero-order valence-electron chi connectivity index (χ0n) is 17.2. The van der Waals surface area contributed by atoms with Crippen molar-refractivity contribution in [1.82, 2.24) is 10.6 Å². The Kier molecular flexibility index (Phi) is 9.89. The van der Waals surface area contributed by atoms with Crippen LogP contribution < -0.4 is 15.4 Å². The topological polar surface area (TPSA) is 54.9 Å². The number of nitrogens with zero attached hydrogens (tertiary/aromatic N) is 1. The van der Waals surface area contributed by atoms with Crippen molar-refractivity contribution in [2.24, 2.45) is 10.9 Å². The Bertz CT molecular complexity index is 834. The van der Waals surface area contributed by atoms with Crippen LogP contribution in [0.15, 0.2) is 59.6 Å². The summed E-state index contributed by atoms with van der Waals surface area (Å²) < 4.78 is 47.9. The summed E-state index contributed by atoms with van der Waals surface area (Å²) in [6, 6.07) is 16.2. The first-order valence-electron chi connectivity index (χ1n) is 9.91. The van der Waals surface area contributed by atoms with E-state index in [1.54, 1.807) is 19.2 Å². The van der Waals surface area contributed by atoms with Gasteiger partial charge in [-0.05, 0) is 24.5 Å². The van der Waals surface area contributed by atoms with Gasteiger partial charge in [0.1, 0.15) is 5.75 Å². The average molecular weight is 549 g/mol. The van der Waals surface area contributed by atoms with E-state index in [1.807, 2.05) is 18.2 Å². The Balaban J connectivity index is 0.00000341. The van der Waals surface area contributed by atoms with Gasteiger partial charge in [0.25, 0.3) is 0 Å². The van der Waals surface area contributed by atoms with Gasteiger partial charge in [0.15, 0.2) is 5.96 Å². The van der Waals surface area contributed by atoms with Crippen molar-refractivity contribution in [3.8, 4) is 5.75 Å². The number of benzene rings is 2. The Morgan fingerprint density at radius 2 is 1.81 bits per heavy atom. The van der Waals surface area contributed by atoms with Crippen LogP contribution in [0.5, 0.6) is 5.75 Å². The van der Waals surface area contributed by atoms with E-state index < -0.39 is 6.36 Å². The molecule has 1 aliphatic rings. The molecule has 1 saturated heterocycles. The molecule has 9 heteroatoms. The minimum atomic E-state index is -4.73. The second-order valence-corrected chi connectivity index (χ2v) is 7.07. The maximum Gasteiger partial charge on any atom is 0.573 e. The van der Waals surface area contributed by atoms with Crippen LogP contribution in [0.4, 0.5) is 13.2 Å². The van der Waals surface area contributed by atoms with Crippen LogP contribution in [0.25, 0.3) is 0 Å². The number of hydrogen-bond donors (Lipinski definition) is 2. The third kappa shape index (κ3) is 7.88. The van der Waals surface area contributed by atoms with E-state index in [4.69, 9.17) is 4.74 Å². The number of rotatable bonds is 6. The molecule has 0 bridgehead atoms. The lowest BCUT2D eigenvalue weighted by Gasteiger charge is -2.32. The van der Waals surface area contributed by atoms with Crippen LogP contribution in [0.2, 0.25) is 0 Å². The highest BCUT2D eigenvalue weighted by atomic mass is 127. The van der Waals surface area contributed by atoms with Gasteiger partial charge < -0.3 is 20.1 Å². The second-order valence-electron chi connectivity index (χ2n) is 7.07. The maximum atomic E-state index is 12.6. The normalized spacial score (nSPS) is 19.3. The molecule has 0 radical (unpaired) electrons. The molecule has 2 unspecified atom stereocenters. The van der Waals surface area contributed by atoms with Crippen LogP contribution in [0, 0.1) is 5.92 Å². The van der Waals surface area contributed by atoms with Crippen molar-refractivity contribution >= 4 is 29.9 Å². The minimum Gasteiger partial charge on any atom is -0.405 e. The Labute approximate surface area is 197 Å². The number of guanidine groups is 1. The molecule has 5 nitrogen and oxygen atoms in total. The van der Waals surface area contributed by atoms with Gasteiger partial charge >= 0.3 is 6.36 Å². The molecule has 0 aliphatic carbocycles. The Morgan fingerprint density at radius 3 is 2.52 bits per heavy atom. The third-order valence-electron chi connectivity index (χ3n) is 4.97. The van der Waals surface area contributed by atoms with Crippen LogP contribution in [-0.2, 0) is 11.3 Å². The monoisotopic (exact) mass is 549 g/mol. The van der Waals surface area contributed by atoms with Crippen LogP contribution in [0.3, 0.4) is 0 Å². The molecular weight excluding hydrogens is 522 g/mol. The van der Waals surface area contributed by atoms with Crippen molar-refractivity contribution < 1.29 is 22.6 Å². The standard InChI is InChI=1S/C22H26F3N3O2.HI/c1-26-21(27-14-17-10-5-6-12-19(17)30-22(23,24)25)28-15-18-11-7-13-29-20(18)16-8-3-2-4-9-16;/h2-6,8-10,12,18,20H,7,11,13-15H2,1H3,(H2,26,27,28);1H. The molecule has 1 aliphatic heterocycles. The fourth-order valence-electron chi connectivity index (χ4n) is 3.56. The highest BCUT2D eigenvalue weighted by molar-refractivity contribution is 14.0. The van der Waals surface area contributed by atoms with Gasteiger partial charge in [-0.3, -0.25) is 4.99 Å². The number of alkyl halides is 3. The summed E-state index contributed by atoms with van der Waals surface area (Å²) in [6.45, 7) is 1.52. The molecule has 1 fully saturated rings. The molecule has 0 saturated carbocycles. The highest BCUT2D eigenvalue weighted by Crippen LogP contribution is 2.33. The van der Waals surface area contributed by atoms with Crippen LogP contribution >= 0.6 is 24.0 Å². The summed E-state index contributed by atoms with van der Waals surface area (Å²) in [5.41, 5.74) is 1.53. The summed E-state index contributed by atoms with van der Waals surface area (Å²) in [4.78, 5) is 4.18. The van der Waals surface area contributed by atoms with E-state index in [1.165, 1.54) is 12.1 Å². The van der Waals surface area contributed by atoms with Gasteiger partial charge in [0.2, 0.25) is 0 Å². The molecule has 1 heterocycles. The average Bonchev–Trinajstić information content (AvgIpc) is 2.75. The first-order chi connectivity index (χ1) is 14.5. The molecule has 0 amide bonds. The fourth-order valence-corrected chi connectivity index (χ4v) is 3.56. The van der Waals surface area contributed by atoms with Gasteiger partial charge in [-0.1, -0.05) is 48.5 Å². The van der Waals surface area contributed by atoms with Crippen molar-refractivity contribution in [3.05, 3.63) is 65.7 Å². The molecule has 3 rings (SSSR count). The smallest absolute Gasteiger partial charge is 0.405 e. The first kappa shape index (κ1) is 25.3. The Morgan fingerprint density at radius 1 is 1.10 bits per heavy atom. The van der Waals surface area contributed by atoms with Gasteiger partial charge in [0, 0.05) is 38.2 Å². The fraction of sp³-hybridized carbons (Fsp3) is 0.409. The van der Waals surface area contributed by atoms with Crippen LogP contribution in [-0.4, -0.2) is 32.5 Å². The molecule has 31 heavy (non-hydrogen) atoms. The summed E-state index contributed by atoms with van der Waals surface area (Å²) in [7, 11) is 1.62. The van der Waals surface area contributed by atoms with Crippen molar-refractivity contribution in [3.63, 3.8) is 0 Å². The number of ether oxygens (including phenoxy) is 2. The predicted octanol–water partition coefficient (Wildman–Crippen LogP) is 5.04. The number of nitrogens with one attached hydrogen (secondary N) is 2. The van der Waals surface area contributed by atoms with Gasteiger partial charge in [-0.15, -0.1) is 37.1 Å². The summed E-state index contributed by atoms with van der Waals surface area (Å²) in [6.07, 6.45) is -2.72. The third-order valence-corrected chi connectivity index (χ3v) is 4.97. The SMILES string of the molecule is CN=C(NCc1ccccc1OC(F)(F)F)NCC1CCCOC1c1ccccc1.I. The molecule has 2 atom stereocenters. The summed E-state index contributed by atoms with van der Waals surface area (Å²) >= 11 is 0. The van der Waals surface area contributed by atoms with Gasteiger partial charge in [-0.2, -0.15) is 0 Å². The van der Waals surface area contributed by atoms with E-state index in [0.29, 0.717) is 18.1 Å². The number of hydrogen-bond acceptors (Lipinski definition) is 3. The van der Waals surface area contributed by atoms with E-state index in [0.717, 1.165) is 25.0 Å². The van der Waals surface area contributed by atoms with Crippen molar-refractivity contribution in [2.75, 3.05) is 20.2 Å². The van der Waals surface area contributed by atoms with E-state index in [-0.39, 0.29) is 48.3 Å². The highest BCUT2D eigenvalue weighted by Gasteiger charge is 2.32. The van der Waals surface area contributed by atoms with E-state index in [2.05, 4.69) is 32.5 Å². The molecule has 0 aromatic heterocycles. The van der Waals surface area contributed by atoms with Gasteiger partial charge in [0.05, 0.1) is 6.10 Å². The largest absolute Gasteiger partial charge is 0.573 e. The molecule has 2 aromatic rings. The zero-order chi connectivity index (χ0) is 21.4. The lowest BCUT2D eigenvalue weighted by atomic mass is 9.89. The molecular formula is C22H27F3IN3O2.